The van der Waals surface area contributed by atoms with Crippen LogP contribution in [0.15, 0.2) is 36.7 Å². The summed E-state index contributed by atoms with van der Waals surface area (Å²) in [5, 5.41) is 4.11. The van der Waals surface area contributed by atoms with Crippen molar-refractivity contribution >= 4 is 17.5 Å². The number of aromatic nitrogens is 2. The number of benzene rings is 1. The number of imidazole rings is 1. The van der Waals surface area contributed by atoms with E-state index in [2.05, 4.69) is 28.7 Å². The third-order valence-corrected chi connectivity index (χ3v) is 3.58. The summed E-state index contributed by atoms with van der Waals surface area (Å²) < 4.78 is 7.21. The van der Waals surface area contributed by atoms with Crippen LogP contribution in [-0.2, 0) is 4.74 Å². The normalized spacial score (nSPS) is 14.0. The molecule has 2 atom stereocenters. The SMILES string of the molecule is COCC(C)Nc1nccn1C(C)c1ccccc1Cl. The number of ether oxygens (including phenoxy) is 1. The molecule has 0 bridgehead atoms. The predicted octanol–water partition coefficient (Wildman–Crippen LogP) is 3.59. The average Bonchev–Trinajstić information content (AvgIpc) is 2.87. The molecule has 4 nitrogen and oxygen atoms in total. The molecule has 0 saturated heterocycles. The van der Waals surface area contributed by atoms with Gasteiger partial charge in [0.2, 0.25) is 5.95 Å². The molecule has 0 spiro atoms. The van der Waals surface area contributed by atoms with Gasteiger partial charge >= 0.3 is 0 Å². The molecule has 2 rings (SSSR count). The van der Waals surface area contributed by atoms with E-state index in [1.54, 1.807) is 13.3 Å². The lowest BCUT2D eigenvalue weighted by Gasteiger charge is -2.20. The quantitative estimate of drug-likeness (QED) is 0.884. The molecular weight excluding hydrogens is 274 g/mol. The van der Waals surface area contributed by atoms with Crippen molar-refractivity contribution in [3.63, 3.8) is 0 Å². The average molecular weight is 294 g/mol. The number of anilines is 1. The van der Waals surface area contributed by atoms with Gasteiger partial charge in [-0.25, -0.2) is 4.98 Å². The minimum Gasteiger partial charge on any atom is -0.383 e. The second-order valence-corrected chi connectivity index (χ2v) is 5.26. The lowest BCUT2D eigenvalue weighted by Crippen LogP contribution is -2.24. The Bertz CT molecular complexity index is 556. The summed E-state index contributed by atoms with van der Waals surface area (Å²) in [6.45, 7) is 4.80. The van der Waals surface area contributed by atoms with Crippen molar-refractivity contribution in [2.75, 3.05) is 19.0 Å². The van der Waals surface area contributed by atoms with E-state index in [1.807, 2.05) is 30.5 Å². The minimum absolute atomic E-state index is 0.114. The number of methoxy groups -OCH3 is 1. The largest absolute Gasteiger partial charge is 0.383 e. The number of halogens is 1. The highest BCUT2D eigenvalue weighted by Gasteiger charge is 2.15. The van der Waals surface area contributed by atoms with Gasteiger partial charge in [-0.3, -0.25) is 0 Å². The van der Waals surface area contributed by atoms with E-state index in [0.29, 0.717) is 6.61 Å². The molecule has 0 fully saturated rings. The molecule has 2 aromatic rings. The van der Waals surface area contributed by atoms with Crippen molar-refractivity contribution in [1.29, 1.82) is 0 Å². The van der Waals surface area contributed by atoms with Crippen molar-refractivity contribution in [3.8, 4) is 0 Å². The first-order valence-corrected chi connectivity index (χ1v) is 7.04. The smallest absolute Gasteiger partial charge is 0.203 e. The highest BCUT2D eigenvalue weighted by Crippen LogP contribution is 2.27. The van der Waals surface area contributed by atoms with Gasteiger partial charge in [-0.15, -0.1) is 0 Å². The summed E-state index contributed by atoms with van der Waals surface area (Å²) in [6.07, 6.45) is 3.74. The fourth-order valence-corrected chi connectivity index (χ4v) is 2.51. The summed E-state index contributed by atoms with van der Waals surface area (Å²) in [6, 6.07) is 8.19. The van der Waals surface area contributed by atoms with Gasteiger partial charge in [0.25, 0.3) is 0 Å². The van der Waals surface area contributed by atoms with Crippen LogP contribution in [-0.4, -0.2) is 29.3 Å². The van der Waals surface area contributed by atoms with Crippen LogP contribution in [0.2, 0.25) is 5.02 Å². The molecule has 5 heteroatoms. The molecule has 0 aliphatic rings. The minimum atomic E-state index is 0.114. The van der Waals surface area contributed by atoms with Crippen molar-refractivity contribution in [1.82, 2.24) is 9.55 Å². The van der Waals surface area contributed by atoms with Crippen LogP contribution in [0.5, 0.6) is 0 Å². The molecule has 0 aliphatic carbocycles. The number of hydrogen-bond donors (Lipinski definition) is 1. The van der Waals surface area contributed by atoms with Crippen LogP contribution in [0, 0.1) is 0 Å². The topological polar surface area (TPSA) is 39.1 Å². The van der Waals surface area contributed by atoms with E-state index in [-0.39, 0.29) is 12.1 Å². The lowest BCUT2D eigenvalue weighted by molar-refractivity contribution is 0.190. The molecule has 0 amide bonds. The Balaban J connectivity index is 2.21. The molecule has 108 valence electrons. The van der Waals surface area contributed by atoms with Gasteiger partial charge in [-0.1, -0.05) is 29.8 Å². The zero-order valence-corrected chi connectivity index (χ0v) is 12.8. The van der Waals surface area contributed by atoms with Crippen LogP contribution in [0.4, 0.5) is 5.95 Å². The first kappa shape index (κ1) is 14.9. The Kier molecular flexibility index (Phi) is 5.04. The maximum absolute atomic E-state index is 6.27. The van der Waals surface area contributed by atoms with E-state index in [9.17, 15) is 0 Å². The zero-order chi connectivity index (χ0) is 14.5. The molecule has 1 heterocycles. The van der Waals surface area contributed by atoms with Crippen LogP contribution in [0.1, 0.15) is 25.5 Å². The van der Waals surface area contributed by atoms with Crippen LogP contribution in [0.3, 0.4) is 0 Å². The molecule has 0 aliphatic heterocycles. The van der Waals surface area contributed by atoms with Gasteiger partial charge in [0, 0.05) is 30.6 Å². The second-order valence-electron chi connectivity index (χ2n) is 4.86. The van der Waals surface area contributed by atoms with Crippen LogP contribution >= 0.6 is 11.6 Å². The van der Waals surface area contributed by atoms with E-state index in [0.717, 1.165) is 16.5 Å². The fourth-order valence-electron chi connectivity index (χ4n) is 2.21. The lowest BCUT2D eigenvalue weighted by atomic mass is 10.1. The van der Waals surface area contributed by atoms with Crippen molar-refractivity contribution in [2.45, 2.75) is 25.9 Å². The van der Waals surface area contributed by atoms with E-state index < -0.39 is 0 Å². The highest BCUT2D eigenvalue weighted by atomic mass is 35.5. The fraction of sp³-hybridized carbons (Fsp3) is 0.400. The van der Waals surface area contributed by atoms with Crippen molar-refractivity contribution in [2.24, 2.45) is 0 Å². The molecule has 2 unspecified atom stereocenters. The number of hydrogen-bond acceptors (Lipinski definition) is 3. The number of nitrogens with zero attached hydrogens (tertiary/aromatic N) is 2. The molecule has 1 aromatic heterocycles. The maximum Gasteiger partial charge on any atom is 0.203 e. The van der Waals surface area contributed by atoms with E-state index in [4.69, 9.17) is 16.3 Å². The number of rotatable bonds is 6. The standard InChI is InChI=1S/C15H20ClN3O/c1-11(10-20-3)18-15-17-8-9-19(15)12(2)13-6-4-5-7-14(13)16/h4-9,11-12H,10H2,1-3H3,(H,17,18). The Labute approximate surface area is 124 Å². The maximum atomic E-state index is 6.27. The summed E-state index contributed by atoms with van der Waals surface area (Å²) in [7, 11) is 1.69. The van der Waals surface area contributed by atoms with E-state index >= 15 is 0 Å². The van der Waals surface area contributed by atoms with Crippen LogP contribution < -0.4 is 5.32 Å². The Hall–Kier alpha value is -1.52. The van der Waals surface area contributed by atoms with Crippen molar-refractivity contribution in [3.05, 3.63) is 47.2 Å². The molecule has 20 heavy (non-hydrogen) atoms. The third kappa shape index (κ3) is 3.32. The molecule has 0 saturated carbocycles. The predicted molar refractivity (Wildman–Crippen MR) is 82.5 cm³/mol. The molecule has 1 N–H and O–H groups in total. The Morgan fingerprint density at radius 3 is 2.80 bits per heavy atom. The number of nitrogens with one attached hydrogen (secondary N) is 1. The van der Waals surface area contributed by atoms with Gasteiger partial charge in [0.05, 0.1) is 12.6 Å². The third-order valence-electron chi connectivity index (χ3n) is 3.23. The molecule has 1 aromatic carbocycles. The second kappa shape index (κ2) is 6.77. The first-order valence-electron chi connectivity index (χ1n) is 6.66. The Morgan fingerprint density at radius 1 is 1.35 bits per heavy atom. The molecule has 0 radical (unpaired) electrons. The highest BCUT2D eigenvalue weighted by molar-refractivity contribution is 6.31. The summed E-state index contributed by atoms with van der Waals surface area (Å²) in [4.78, 5) is 4.37. The zero-order valence-electron chi connectivity index (χ0n) is 12.0. The van der Waals surface area contributed by atoms with E-state index in [1.165, 1.54) is 0 Å². The van der Waals surface area contributed by atoms with Gasteiger partial charge in [0.15, 0.2) is 0 Å². The summed E-state index contributed by atoms with van der Waals surface area (Å²) >= 11 is 6.27. The molecular formula is C15H20ClN3O. The van der Waals surface area contributed by atoms with Gasteiger partial charge in [-0.2, -0.15) is 0 Å². The first-order chi connectivity index (χ1) is 9.63. The van der Waals surface area contributed by atoms with Gasteiger partial charge in [0.1, 0.15) is 0 Å². The van der Waals surface area contributed by atoms with Gasteiger partial charge in [-0.05, 0) is 25.5 Å². The monoisotopic (exact) mass is 293 g/mol. The van der Waals surface area contributed by atoms with Crippen molar-refractivity contribution < 1.29 is 4.74 Å². The summed E-state index contributed by atoms with van der Waals surface area (Å²) in [5.41, 5.74) is 1.08. The Morgan fingerprint density at radius 2 is 2.10 bits per heavy atom. The summed E-state index contributed by atoms with van der Waals surface area (Å²) in [5.74, 6) is 0.821. The van der Waals surface area contributed by atoms with Gasteiger partial charge < -0.3 is 14.6 Å². The van der Waals surface area contributed by atoms with Crippen LogP contribution in [0.25, 0.3) is 0 Å².